The number of amides is 2. The highest BCUT2D eigenvalue weighted by molar-refractivity contribution is 5.97. The number of nitrogens with one attached hydrogen (secondary N) is 1. The van der Waals surface area contributed by atoms with Crippen molar-refractivity contribution in [3.05, 3.63) is 0 Å². The molecule has 0 spiro atoms. The fraction of sp³-hybridized carbons (Fsp3) is 0.882. The normalized spacial score (nSPS) is 33.5. The summed E-state index contributed by atoms with van der Waals surface area (Å²) in [6.07, 6.45) is 10.1. The fourth-order valence-corrected chi connectivity index (χ4v) is 4.57. The zero-order chi connectivity index (χ0) is 15.0. The molecule has 2 unspecified atom stereocenters. The van der Waals surface area contributed by atoms with Crippen LogP contribution in [0.3, 0.4) is 0 Å². The summed E-state index contributed by atoms with van der Waals surface area (Å²) in [5.41, 5.74) is -0.0405. The molecular formula is C17H28N2O2. The molecule has 0 aromatic carbocycles. The maximum atomic E-state index is 13.1. The molecule has 1 saturated heterocycles. The van der Waals surface area contributed by atoms with Gasteiger partial charge < -0.3 is 10.2 Å². The van der Waals surface area contributed by atoms with Gasteiger partial charge >= 0.3 is 0 Å². The Morgan fingerprint density at radius 2 is 1.81 bits per heavy atom. The molecule has 0 aromatic rings. The van der Waals surface area contributed by atoms with Crippen LogP contribution in [0.15, 0.2) is 0 Å². The van der Waals surface area contributed by atoms with Gasteiger partial charge in [0.25, 0.3) is 0 Å². The van der Waals surface area contributed by atoms with E-state index in [2.05, 4.69) is 12.2 Å². The van der Waals surface area contributed by atoms with E-state index in [-0.39, 0.29) is 29.4 Å². The van der Waals surface area contributed by atoms with Gasteiger partial charge in [0.05, 0.1) is 0 Å². The van der Waals surface area contributed by atoms with Crippen LogP contribution in [-0.4, -0.2) is 34.3 Å². The highest BCUT2D eigenvalue weighted by Crippen LogP contribution is 2.43. The van der Waals surface area contributed by atoms with E-state index in [9.17, 15) is 9.59 Å². The van der Waals surface area contributed by atoms with Crippen LogP contribution in [0, 0.1) is 5.92 Å². The first kappa shape index (κ1) is 14.9. The molecule has 2 saturated carbocycles. The van der Waals surface area contributed by atoms with Gasteiger partial charge in [-0.2, -0.15) is 0 Å². The molecule has 2 aliphatic carbocycles. The summed E-state index contributed by atoms with van der Waals surface area (Å²) in [5, 5.41) is 3.03. The predicted octanol–water partition coefficient (Wildman–Crippen LogP) is 2.61. The monoisotopic (exact) mass is 292 g/mol. The first-order chi connectivity index (χ1) is 10.1. The van der Waals surface area contributed by atoms with Crippen molar-refractivity contribution in [2.45, 2.75) is 89.3 Å². The van der Waals surface area contributed by atoms with Crippen molar-refractivity contribution in [2.75, 3.05) is 0 Å². The number of rotatable bonds is 3. The molecule has 3 aliphatic rings. The Morgan fingerprint density at radius 1 is 1.14 bits per heavy atom. The minimum absolute atomic E-state index is 0.0405. The number of hydrogen-bond acceptors (Lipinski definition) is 2. The molecule has 1 N–H and O–H groups in total. The van der Waals surface area contributed by atoms with Crippen LogP contribution in [0.1, 0.15) is 71.6 Å². The molecule has 0 radical (unpaired) electrons. The van der Waals surface area contributed by atoms with Gasteiger partial charge in [-0.15, -0.1) is 0 Å². The van der Waals surface area contributed by atoms with Crippen molar-refractivity contribution < 1.29 is 9.59 Å². The second-order valence-electron chi connectivity index (χ2n) is 7.20. The quantitative estimate of drug-likeness (QED) is 0.869. The van der Waals surface area contributed by atoms with E-state index in [4.69, 9.17) is 0 Å². The molecule has 1 heterocycles. The summed E-state index contributed by atoms with van der Waals surface area (Å²) >= 11 is 0. The van der Waals surface area contributed by atoms with Crippen LogP contribution in [0.5, 0.6) is 0 Å². The van der Waals surface area contributed by atoms with Crippen LogP contribution < -0.4 is 5.32 Å². The minimum atomic E-state index is -0.308. The van der Waals surface area contributed by atoms with Gasteiger partial charge in [0.1, 0.15) is 12.1 Å². The lowest BCUT2D eigenvalue weighted by atomic mass is 9.71. The standard InChI is InChI=1S/C17H28N2O2/c1-3-17(10-7-11-17)19-12(2)15(20)18-14(16(19)21)13-8-5-4-6-9-13/h12-14H,3-11H2,1-2H3,(H,18,20). The van der Waals surface area contributed by atoms with E-state index in [0.717, 1.165) is 32.1 Å². The molecule has 2 amide bonds. The first-order valence-corrected chi connectivity index (χ1v) is 8.72. The van der Waals surface area contributed by atoms with Gasteiger partial charge in [0, 0.05) is 5.54 Å². The number of piperazine rings is 1. The van der Waals surface area contributed by atoms with Crippen LogP contribution in [0.4, 0.5) is 0 Å². The Morgan fingerprint density at radius 3 is 2.33 bits per heavy atom. The van der Waals surface area contributed by atoms with Gasteiger partial charge in [-0.3, -0.25) is 9.59 Å². The highest BCUT2D eigenvalue weighted by Gasteiger charge is 2.52. The smallest absolute Gasteiger partial charge is 0.246 e. The second-order valence-corrected chi connectivity index (χ2v) is 7.20. The van der Waals surface area contributed by atoms with Crippen LogP contribution >= 0.6 is 0 Å². The Labute approximate surface area is 127 Å². The summed E-state index contributed by atoms with van der Waals surface area (Å²) in [6, 6.07) is -0.574. The molecule has 21 heavy (non-hydrogen) atoms. The maximum Gasteiger partial charge on any atom is 0.246 e. The highest BCUT2D eigenvalue weighted by atomic mass is 16.2. The molecule has 4 nitrogen and oxygen atoms in total. The maximum absolute atomic E-state index is 13.1. The van der Waals surface area contributed by atoms with Gasteiger partial charge in [0.15, 0.2) is 0 Å². The average molecular weight is 292 g/mol. The molecule has 2 atom stereocenters. The van der Waals surface area contributed by atoms with Crippen molar-refractivity contribution >= 4 is 11.8 Å². The van der Waals surface area contributed by atoms with Gasteiger partial charge in [-0.05, 0) is 51.4 Å². The van der Waals surface area contributed by atoms with Crippen LogP contribution in [-0.2, 0) is 9.59 Å². The Kier molecular flexibility index (Phi) is 3.98. The molecule has 0 bridgehead atoms. The van der Waals surface area contributed by atoms with Crippen molar-refractivity contribution in [1.82, 2.24) is 10.2 Å². The van der Waals surface area contributed by atoms with Crippen molar-refractivity contribution in [3.8, 4) is 0 Å². The van der Waals surface area contributed by atoms with Gasteiger partial charge in [-0.1, -0.05) is 26.2 Å². The van der Waals surface area contributed by atoms with E-state index < -0.39 is 0 Å². The van der Waals surface area contributed by atoms with E-state index >= 15 is 0 Å². The number of hydrogen-bond donors (Lipinski definition) is 1. The molecule has 4 heteroatoms. The third-order valence-corrected chi connectivity index (χ3v) is 6.14. The second kappa shape index (κ2) is 5.62. The van der Waals surface area contributed by atoms with Crippen molar-refractivity contribution in [1.29, 1.82) is 0 Å². The lowest BCUT2D eigenvalue weighted by Crippen LogP contribution is -2.71. The summed E-state index contributed by atoms with van der Waals surface area (Å²) in [7, 11) is 0. The molecule has 3 fully saturated rings. The number of carbonyl (C=O) groups excluding carboxylic acids is 2. The van der Waals surface area contributed by atoms with E-state index in [1.54, 1.807) is 0 Å². The van der Waals surface area contributed by atoms with E-state index in [0.29, 0.717) is 5.92 Å². The summed E-state index contributed by atoms with van der Waals surface area (Å²) < 4.78 is 0. The topological polar surface area (TPSA) is 49.4 Å². The molecule has 118 valence electrons. The van der Waals surface area contributed by atoms with E-state index in [1.807, 2.05) is 11.8 Å². The Balaban J connectivity index is 1.84. The van der Waals surface area contributed by atoms with Gasteiger partial charge in [-0.25, -0.2) is 0 Å². The number of nitrogens with zero attached hydrogens (tertiary/aromatic N) is 1. The summed E-state index contributed by atoms with van der Waals surface area (Å²) in [5.74, 6) is 0.583. The molecule has 3 rings (SSSR count). The van der Waals surface area contributed by atoms with E-state index in [1.165, 1.54) is 25.7 Å². The largest absolute Gasteiger partial charge is 0.342 e. The third-order valence-electron chi connectivity index (χ3n) is 6.14. The lowest BCUT2D eigenvalue weighted by Gasteiger charge is -2.55. The van der Waals surface area contributed by atoms with Crippen LogP contribution in [0.2, 0.25) is 0 Å². The lowest BCUT2D eigenvalue weighted by molar-refractivity contribution is -0.163. The number of carbonyl (C=O) groups is 2. The molecular weight excluding hydrogens is 264 g/mol. The Hall–Kier alpha value is -1.06. The predicted molar refractivity (Wildman–Crippen MR) is 81.7 cm³/mol. The zero-order valence-corrected chi connectivity index (χ0v) is 13.4. The summed E-state index contributed by atoms with van der Waals surface area (Å²) in [4.78, 5) is 27.5. The van der Waals surface area contributed by atoms with Gasteiger partial charge in [0.2, 0.25) is 11.8 Å². The van der Waals surface area contributed by atoms with Crippen molar-refractivity contribution in [2.24, 2.45) is 5.92 Å². The Bertz CT molecular complexity index is 419. The fourth-order valence-electron chi connectivity index (χ4n) is 4.57. The molecule has 0 aromatic heterocycles. The van der Waals surface area contributed by atoms with Crippen LogP contribution in [0.25, 0.3) is 0 Å². The van der Waals surface area contributed by atoms with Crippen molar-refractivity contribution in [3.63, 3.8) is 0 Å². The molecule has 1 aliphatic heterocycles. The third kappa shape index (κ3) is 2.36. The minimum Gasteiger partial charge on any atom is -0.342 e. The first-order valence-electron chi connectivity index (χ1n) is 8.72. The summed E-state index contributed by atoms with van der Waals surface area (Å²) in [6.45, 7) is 4.04. The zero-order valence-electron chi connectivity index (χ0n) is 13.4. The SMILES string of the molecule is CCC1(N2C(=O)C(C3CCCCC3)NC(=O)C2C)CCC1. The average Bonchev–Trinajstić information content (AvgIpc) is 2.46.